The molecule has 160 valence electrons. The molecule has 0 spiro atoms. The number of rotatable bonds is 9. The number of imidazole rings is 1. The molecule has 0 aliphatic carbocycles. The Labute approximate surface area is 174 Å². The van der Waals surface area contributed by atoms with Gasteiger partial charge in [-0.25, -0.2) is 4.98 Å². The zero-order chi connectivity index (χ0) is 21.6. The van der Waals surface area contributed by atoms with Gasteiger partial charge in [0.25, 0.3) is 0 Å². The molecule has 7 heteroatoms. The quantitative estimate of drug-likeness (QED) is 0.447. The number of aromatic nitrogens is 2. The smallest absolute Gasteiger partial charge is 0.416 e. The third-order valence-electron chi connectivity index (χ3n) is 5.03. The van der Waals surface area contributed by atoms with Crippen molar-refractivity contribution in [3.63, 3.8) is 0 Å². The van der Waals surface area contributed by atoms with E-state index in [2.05, 4.69) is 28.9 Å². The molecular weight excluding hydrogens is 391 g/mol. The summed E-state index contributed by atoms with van der Waals surface area (Å²) in [6, 6.07) is 13.1. The molecule has 0 bridgehead atoms. The number of hydrogen-bond acceptors (Lipinski definition) is 3. The molecule has 0 saturated heterocycles. The number of benzene rings is 2. The lowest BCUT2D eigenvalue weighted by Crippen LogP contribution is -2.26. The van der Waals surface area contributed by atoms with Crippen LogP contribution in [-0.2, 0) is 26.3 Å². The molecule has 0 fully saturated rings. The van der Waals surface area contributed by atoms with Gasteiger partial charge in [-0.05, 0) is 48.7 Å². The summed E-state index contributed by atoms with van der Waals surface area (Å²) in [6.45, 7) is 4.88. The van der Waals surface area contributed by atoms with E-state index in [4.69, 9.17) is 4.74 Å². The average Bonchev–Trinajstić information content (AvgIpc) is 3.11. The minimum atomic E-state index is -4.33. The normalized spacial score (nSPS) is 11.8. The van der Waals surface area contributed by atoms with Gasteiger partial charge in [0.2, 0.25) is 0 Å². The molecular formula is C23H26F3N3O. The number of nitrogens with zero attached hydrogens (tertiary/aromatic N) is 3. The van der Waals surface area contributed by atoms with Crippen molar-refractivity contribution in [2.75, 3.05) is 13.2 Å². The molecule has 0 aliphatic rings. The van der Waals surface area contributed by atoms with Crippen LogP contribution < -0.4 is 4.74 Å². The summed E-state index contributed by atoms with van der Waals surface area (Å²) in [4.78, 5) is 6.52. The van der Waals surface area contributed by atoms with Gasteiger partial charge in [-0.1, -0.05) is 24.3 Å². The molecule has 1 heterocycles. The lowest BCUT2D eigenvalue weighted by molar-refractivity contribution is -0.137. The van der Waals surface area contributed by atoms with E-state index in [-0.39, 0.29) is 0 Å². The highest BCUT2D eigenvalue weighted by Gasteiger charge is 2.30. The Balaban J connectivity index is 1.56. The highest BCUT2D eigenvalue weighted by atomic mass is 19.4. The summed E-state index contributed by atoms with van der Waals surface area (Å²) in [5.74, 6) is 0.445. The summed E-state index contributed by atoms with van der Waals surface area (Å²) in [5, 5.41) is 0. The van der Waals surface area contributed by atoms with Crippen LogP contribution in [0.3, 0.4) is 0 Å². The largest absolute Gasteiger partial charge is 0.494 e. The van der Waals surface area contributed by atoms with Crippen molar-refractivity contribution in [1.29, 1.82) is 0 Å². The van der Waals surface area contributed by atoms with E-state index < -0.39 is 11.7 Å². The van der Waals surface area contributed by atoms with Crippen LogP contribution in [0.4, 0.5) is 13.2 Å². The van der Waals surface area contributed by atoms with Gasteiger partial charge < -0.3 is 9.30 Å². The van der Waals surface area contributed by atoms with Gasteiger partial charge in [-0.2, -0.15) is 13.2 Å². The SMILES string of the molecule is Cc1ccccc1CN(CCCOc1ccc(C(F)(F)F)cc1)Cc1cncn1C. The minimum Gasteiger partial charge on any atom is -0.494 e. The Bertz CT molecular complexity index is 935. The van der Waals surface area contributed by atoms with Gasteiger partial charge >= 0.3 is 6.18 Å². The first-order valence-corrected chi connectivity index (χ1v) is 9.85. The molecule has 4 nitrogen and oxygen atoms in total. The second-order valence-electron chi connectivity index (χ2n) is 7.36. The lowest BCUT2D eigenvalue weighted by Gasteiger charge is -2.23. The van der Waals surface area contributed by atoms with E-state index in [0.717, 1.165) is 43.9 Å². The summed E-state index contributed by atoms with van der Waals surface area (Å²) < 4.78 is 45.6. The summed E-state index contributed by atoms with van der Waals surface area (Å²) in [5.41, 5.74) is 2.96. The molecule has 0 radical (unpaired) electrons. The predicted molar refractivity (Wildman–Crippen MR) is 110 cm³/mol. The molecule has 0 aliphatic heterocycles. The van der Waals surface area contributed by atoms with Gasteiger partial charge in [-0.15, -0.1) is 0 Å². The van der Waals surface area contributed by atoms with Crippen LogP contribution in [0.25, 0.3) is 0 Å². The fourth-order valence-electron chi connectivity index (χ4n) is 3.23. The Morgan fingerprint density at radius 3 is 2.40 bits per heavy atom. The van der Waals surface area contributed by atoms with Crippen molar-refractivity contribution >= 4 is 0 Å². The van der Waals surface area contributed by atoms with Gasteiger partial charge in [0.15, 0.2) is 0 Å². The van der Waals surface area contributed by atoms with Gasteiger partial charge in [0, 0.05) is 32.9 Å². The third kappa shape index (κ3) is 6.10. The first-order chi connectivity index (χ1) is 14.3. The number of aryl methyl sites for hydroxylation is 2. The number of ether oxygens (including phenoxy) is 1. The van der Waals surface area contributed by atoms with Crippen molar-refractivity contribution in [2.45, 2.75) is 32.6 Å². The maximum atomic E-state index is 12.7. The highest BCUT2D eigenvalue weighted by Crippen LogP contribution is 2.30. The van der Waals surface area contributed by atoms with E-state index in [0.29, 0.717) is 12.4 Å². The molecule has 30 heavy (non-hydrogen) atoms. The molecule has 3 aromatic rings. The molecule has 0 N–H and O–H groups in total. The van der Waals surface area contributed by atoms with E-state index in [1.54, 1.807) is 6.33 Å². The van der Waals surface area contributed by atoms with Crippen molar-refractivity contribution in [3.8, 4) is 5.75 Å². The standard InChI is InChI=1S/C23H26F3N3O/c1-18-6-3-4-7-19(18)15-29(16-21-14-27-17-28(21)2)12-5-13-30-22-10-8-20(9-11-22)23(24,25)26/h3-4,6-11,14,17H,5,12-13,15-16H2,1-2H3. The summed E-state index contributed by atoms with van der Waals surface area (Å²) >= 11 is 0. The molecule has 0 atom stereocenters. The maximum absolute atomic E-state index is 12.7. The van der Waals surface area contributed by atoms with Gasteiger partial charge in [-0.3, -0.25) is 4.90 Å². The zero-order valence-corrected chi connectivity index (χ0v) is 17.2. The second-order valence-corrected chi connectivity index (χ2v) is 7.36. The van der Waals surface area contributed by atoms with Gasteiger partial charge in [0.05, 0.1) is 24.2 Å². The van der Waals surface area contributed by atoms with Crippen LogP contribution in [0.2, 0.25) is 0 Å². The minimum absolute atomic E-state index is 0.432. The third-order valence-corrected chi connectivity index (χ3v) is 5.03. The van der Waals surface area contributed by atoms with Crippen molar-refractivity contribution < 1.29 is 17.9 Å². The van der Waals surface area contributed by atoms with E-state index in [1.807, 2.05) is 29.9 Å². The molecule has 2 aromatic carbocycles. The van der Waals surface area contributed by atoms with Crippen LogP contribution in [0.15, 0.2) is 61.1 Å². The lowest BCUT2D eigenvalue weighted by atomic mass is 10.1. The fourth-order valence-corrected chi connectivity index (χ4v) is 3.23. The van der Waals surface area contributed by atoms with Crippen molar-refractivity contribution in [2.24, 2.45) is 7.05 Å². The van der Waals surface area contributed by atoms with Crippen LogP contribution in [0.1, 0.15) is 28.8 Å². The predicted octanol–water partition coefficient (Wildman–Crippen LogP) is 5.22. The Hall–Kier alpha value is -2.80. The maximum Gasteiger partial charge on any atom is 0.416 e. The molecule has 0 unspecified atom stereocenters. The summed E-state index contributed by atoms with van der Waals surface area (Å²) in [7, 11) is 1.97. The first-order valence-electron chi connectivity index (χ1n) is 9.85. The van der Waals surface area contributed by atoms with E-state index in [9.17, 15) is 13.2 Å². The van der Waals surface area contributed by atoms with E-state index >= 15 is 0 Å². The first kappa shape index (κ1) is 21.9. The summed E-state index contributed by atoms with van der Waals surface area (Å²) in [6.07, 6.45) is 0.0731. The van der Waals surface area contributed by atoms with Crippen molar-refractivity contribution in [3.05, 3.63) is 83.4 Å². The molecule has 1 aromatic heterocycles. The Kier molecular flexibility index (Phi) is 7.15. The monoisotopic (exact) mass is 417 g/mol. The molecule has 0 saturated carbocycles. The number of alkyl halides is 3. The molecule has 3 rings (SSSR count). The van der Waals surface area contributed by atoms with Crippen LogP contribution in [-0.4, -0.2) is 27.6 Å². The number of halogens is 3. The second kappa shape index (κ2) is 9.80. The average molecular weight is 417 g/mol. The van der Waals surface area contributed by atoms with Crippen LogP contribution in [0.5, 0.6) is 5.75 Å². The van der Waals surface area contributed by atoms with E-state index in [1.165, 1.54) is 23.3 Å². The molecule has 0 amide bonds. The Morgan fingerprint density at radius 1 is 1.03 bits per heavy atom. The fraction of sp³-hybridized carbons (Fsp3) is 0.348. The van der Waals surface area contributed by atoms with Gasteiger partial charge in [0.1, 0.15) is 5.75 Å². The zero-order valence-electron chi connectivity index (χ0n) is 17.2. The topological polar surface area (TPSA) is 30.3 Å². The van der Waals surface area contributed by atoms with Crippen LogP contribution >= 0.6 is 0 Å². The van der Waals surface area contributed by atoms with Crippen molar-refractivity contribution in [1.82, 2.24) is 14.5 Å². The number of hydrogen-bond donors (Lipinski definition) is 0. The van der Waals surface area contributed by atoms with Crippen LogP contribution in [0, 0.1) is 6.92 Å². The Morgan fingerprint density at radius 2 is 1.77 bits per heavy atom. The highest BCUT2D eigenvalue weighted by molar-refractivity contribution is 5.29.